The highest BCUT2D eigenvalue weighted by Gasteiger charge is 2.07. The van der Waals surface area contributed by atoms with Crippen LogP contribution in [-0.4, -0.2) is 20.6 Å². The minimum absolute atomic E-state index is 0. The van der Waals surface area contributed by atoms with Gasteiger partial charge < -0.3 is 10.3 Å². The van der Waals surface area contributed by atoms with Gasteiger partial charge in [-0.05, 0) is 55.0 Å². The molecule has 0 aliphatic heterocycles. The van der Waals surface area contributed by atoms with E-state index in [9.17, 15) is 4.79 Å². The number of hydrogen-bond acceptors (Lipinski definition) is 3. The van der Waals surface area contributed by atoms with Crippen LogP contribution in [0.15, 0.2) is 65.7 Å². The van der Waals surface area contributed by atoms with Gasteiger partial charge >= 0.3 is 5.69 Å². The average Bonchev–Trinajstić information content (AvgIpc) is 3.04. The molecule has 152 valence electrons. The lowest BCUT2D eigenvalue weighted by Gasteiger charge is -2.14. The molecule has 0 fully saturated rings. The van der Waals surface area contributed by atoms with Crippen molar-refractivity contribution in [3.63, 3.8) is 0 Å². The van der Waals surface area contributed by atoms with Gasteiger partial charge in [0.25, 0.3) is 0 Å². The van der Waals surface area contributed by atoms with Crippen molar-refractivity contribution >= 4 is 34.2 Å². The summed E-state index contributed by atoms with van der Waals surface area (Å²) in [6.07, 6.45) is 6.91. The zero-order valence-electron chi connectivity index (χ0n) is 16.6. The van der Waals surface area contributed by atoms with E-state index in [1.165, 1.54) is 16.3 Å². The molecule has 2 aromatic heterocycles. The molecule has 0 spiro atoms. The summed E-state index contributed by atoms with van der Waals surface area (Å²) in [4.78, 5) is 19.2. The van der Waals surface area contributed by atoms with Crippen molar-refractivity contribution in [1.82, 2.24) is 19.9 Å². The third-order valence-electron chi connectivity index (χ3n) is 5.31. The molecular formula is C23H27ClN4O. The first-order chi connectivity index (χ1) is 13.7. The first-order valence-corrected chi connectivity index (χ1v) is 9.94. The minimum Gasteiger partial charge on any atom is -0.310 e. The second-order valence-corrected chi connectivity index (χ2v) is 7.43. The fourth-order valence-corrected chi connectivity index (χ4v) is 3.69. The number of nitrogens with zero attached hydrogens (tertiary/aromatic N) is 2. The standard InChI is InChI=1S/C23H26N4O.ClH/c1-17(25-15-18-9-10-20-16-24-12-11-19(20)14-18)6-4-5-13-27-22-8-3-2-7-21(22)26-23(27)28;/h2-3,7-12,14,16-17,25H,4-6,13,15H2,1H3,(H,26,28);1H/t17-;/m1./s1. The Balaban J connectivity index is 0.00000240. The number of hydrogen-bond donors (Lipinski definition) is 2. The van der Waals surface area contributed by atoms with Crippen LogP contribution in [0.1, 0.15) is 31.7 Å². The van der Waals surface area contributed by atoms with Crippen molar-refractivity contribution in [2.24, 2.45) is 0 Å². The molecular weight excluding hydrogens is 384 g/mol. The molecule has 1 atom stereocenters. The molecule has 0 radical (unpaired) electrons. The van der Waals surface area contributed by atoms with E-state index in [0.29, 0.717) is 6.04 Å². The number of unbranched alkanes of at least 4 members (excludes halogenated alkanes) is 1. The molecule has 0 amide bonds. The molecule has 2 N–H and O–H groups in total. The van der Waals surface area contributed by atoms with Crippen LogP contribution in [0.2, 0.25) is 0 Å². The number of aromatic amines is 1. The Kier molecular flexibility index (Phi) is 7.07. The molecule has 2 heterocycles. The molecule has 5 nitrogen and oxygen atoms in total. The zero-order chi connectivity index (χ0) is 19.3. The molecule has 4 rings (SSSR count). The first kappa shape index (κ1) is 21.1. The summed E-state index contributed by atoms with van der Waals surface area (Å²) < 4.78 is 1.84. The maximum absolute atomic E-state index is 12.1. The van der Waals surface area contributed by atoms with Crippen LogP contribution in [-0.2, 0) is 13.1 Å². The number of pyridine rings is 1. The summed E-state index contributed by atoms with van der Waals surface area (Å²) in [7, 11) is 0. The van der Waals surface area contributed by atoms with Crippen molar-refractivity contribution in [3.05, 3.63) is 77.0 Å². The third kappa shape index (κ3) is 5.05. The topological polar surface area (TPSA) is 62.7 Å². The van der Waals surface area contributed by atoms with Gasteiger partial charge in [-0.15, -0.1) is 12.4 Å². The highest BCUT2D eigenvalue weighted by Crippen LogP contribution is 2.15. The Hall–Kier alpha value is -2.63. The van der Waals surface area contributed by atoms with Crippen molar-refractivity contribution < 1.29 is 0 Å². The monoisotopic (exact) mass is 410 g/mol. The maximum Gasteiger partial charge on any atom is 0.326 e. The predicted molar refractivity (Wildman–Crippen MR) is 122 cm³/mol. The van der Waals surface area contributed by atoms with E-state index in [0.717, 1.165) is 43.4 Å². The first-order valence-electron chi connectivity index (χ1n) is 9.94. The van der Waals surface area contributed by atoms with E-state index in [-0.39, 0.29) is 18.1 Å². The van der Waals surface area contributed by atoms with Crippen LogP contribution in [0.25, 0.3) is 21.8 Å². The SMILES string of the molecule is C[C@H](CCCCn1c(=O)[nH]c2ccccc21)NCc1ccc2cnccc2c1.Cl. The van der Waals surface area contributed by atoms with Crippen molar-refractivity contribution in [1.29, 1.82) is 0 Å². The van der Waals surface area contributed by atoms with Gasteiger partial charge in [0, 0.05) is 36.9 Å². The predicted octanol–water partition coefficient (Wildman–Crippen LogP) is 4.65. The number of benzene rings is 2. The van der Waals surface area contributed by atoms with Gasteiger partial charge in [0.15, 0.2) is 0 Å². The average molecular weight is 411 g/mol. The van der Waals surface area contributed by atoms with Gasteiger partial charge in [-0.1, -0.05) is 30.7 Å². The number of aryl methyl sites for hydroxylation is 1. The third-order valence-corrected chi connectivity index (χ3v) is 5.31. The molecule has 4 aromatic rings. The fourth-order valence-electron chi connectivity index (χ4n) is 3.69. The number of fused-ring (bicyclic) bond motifs is 2. The lowest BCUT2D eigenvalue weighted by Crippen LogP contribution is -2.25. The van der Waals surface area contributed by atoms with Crippen LogP contribution in [0.3, 0.4) is 0 Å². The number of aromatic nitrogens is 3. The summed E-state index contributed by atoms with van der Waals surface area (Å²) in [6, 6.07) is 16.9. The smallest absolute Gasteiger partial charge is 0.310 e. The zero-order valence-corrected chi connectivity index (χ0v) is 17.4. The largest absolute Gasteiger partial charge is 0.326 e. The summed E-state index contributed by atoms with van der Waals surface area (Å²) in [5.74, 6) is 0. The number of nitrogens with one attached hydrogen (secondary N) is 2. The van der Waals surface area contributed by atoms with Crippen molar-refractivity contribution in [2.75, 3.05) is 0 Å². The number of H-pyrrole nitrogens is 1. The second kappa shape index (κ2) is 9.72. The number of para-hydroxylation sites is 2. The summed E-state index contributed by atoms with van der Waals surface area (Å²) >= 11 is 0. The Morgan fingerprint density at radius 1 is 1.10 bits per heavy atom. The van der Waals surface area contributed by atoms with Gasteiger partial charge in [-0.25, -0.2) is 4.79 Å². The van der Waals surface area contributed by atoms with E-state index < -0.39 is 0 Å². The maximum atomic E-state index is 12.1. The van der Waals surface area contributed by atoms with E-state index in [1.807, 2.05) is 41.2 Å². The molecule has 0 bridgehead atoms. The van der Waals surface area contributed by atoms with Crippen LogP contribution in [0.5, 0.6) is 0 Å². The summed E-state index contributed by atoms with van der Waals surface area (Å²) in [6.45, 7) is 3.85. The Bertz CT molecular complexity index is 1130. The molecule has 0 aliphatic carbocycles. The second-order valence-electron chi connectivity index (χ2n) is 7.43. The highest BCUT2D eigenvalue weighted by molar-refractivity contribution is 5.85. The molecule has 29 heavy (non-hydrogen) atoms. The minimum atomic E-state index is -0.0149. The van der Waals surface area contributed by atoms with E-state index in [4.69, 9.17) is 0 Å². The number of rotatable bonds is 8. The van der Waals surface area contributed by atoms with Crippen LogP contribution in [0.4, 0.5) is 0 Å². The van der Waals surface area contributed by atoms with Gasteiger partial charge in [-0.2, -0.15) is 0 Å². The Morgan fingerprint density at radius 2 is 1.97 bits per heavy atom. The van der Waals surface area contributed by atoms with Gasteiger partial charge in [-0.3, -0.25) is 9.55 Å². The normalized spacial score (nSPS) is 12.2. The number of imidazole rings is 1. The van der Waals surface area contributed by atoms with Crippen molar-refractivity contribution in [3.8, 4) is 0 Å². The molecule has 0 unspecified atom stereocenters. The van der Waals surface area contributed by atoms with Crippen LogP contribution < -0.4 is 11.0 Å². The lowest BCUT2D eigenvalue weighted by molar-refractivity contribution is 0.475. The molecule has 0 aliphatic rings. The lowest BCUT2D eigenvalue weighted by atomic mass is 10.1. The van der Waals surface area contributed by atoms with Crippen molar-refractivity contribution in [2.45, 2.75) is 45.3 Å². The van der Waals surface area contributed by atoms with Gasteiger partial charge in [0.05, 0.1) is 11.0 Å². The van der Waals surface area contributed by atoms with E-state index >= 15 is 0 Å². The highest BCUT2D eigenvalue weighted by atomic mass is 35.5. The molecule has 2 aromatic carbocycles. The fraction of sp³-hybridized carbons (Fsp3) is 0.304. The quantitative estimate of drug-likeness (QED) is 0.415. The number of halogens is 1. The van der Waals surface area contributed by atoms with Crippen LogP contribution in [0, 0.1) is 0 Å². The van der Waals surface area contributed by atoms with Crippen LogP contribution >= 0.6 is 12.4 Å². The summed E-state index contributed by atoms with van der Waals surface area (Å²) in [5, 5.41) is 6.01. The Morgan fingerprint density at radius 3 is 2.86 bits per heavy atom. The molecule has 6 heteroatoms. The molecule has 0 saturated heterocycles. The van der Waals surface area contributed by atoms with E-state index in [2.05, 4.69) is 46.5 Å². The van der Waals surface area contributed by atoms with Gasteiger partial charge in [0.1, 0.15) is 0 Å². The summed E-state index contributed by atoms with van der Waals surface area (Å²) in [5.41, 5.74) is 3.17. The van der Waals surface area contributed by atoms with Gasteiger partial charge in [0.2, 0.25) is 0 Å². The molecule has 0 saturated carbocycles. The Labute approximate surface area is 176 Å². The van der Waals surface area contributed by atoms with E-state index in [1.54, 1.807) is 0 Å².